The van der Waals surface area contributed by atoms with Gasteiger partial charge in [0.1, 0.15) is 31.3 Å². The van der Waals surface area contributed by atoms with E-state index in [-0.39, 0.29) is 58.2 Å². The summed E-state index contributed by atoms with van der Waals surface area (Å²) >= 11 is 0. The molecule has 0 heterocycles. The summed E-state index contributed by atoms with van der Waals surface area (Å²) in [6, 6.07) is -0.376. The highest BCUT2D eigenvalue weighted by molar-refractivity contribution is 6.02. The van der Waals surface area contributed by atoms with Crippen LogP contribution in [0.4, 0.5) is 0 Å². The number of carboxylic acids is 1. The van der Waals surface area contributed by atoms with Crippen molar-refractivity contribution in [1.29, 1.82) is 0 Å². The van der Waals surface area contributed by atoms with Crippen LogP contribution < -0.4 is 49.1 Å². The molecule has 20 N–H and O–H groups in total. The number of carbonyl (C=O) groups is 9. The molecule has 6 atom stereocenters. The van der Waals surface area contributed by atoms with Crippen LogP contribution in [0.5, 0.6) is 34.5 Å². The van der Waals surface area contributed by atoms with Gasteiger partial charge in [0.05, 0.1) is 23.3 Å². The first-order valence-electron chi connectivity index (χ1n) is 22.3. The number of esters is 2. The molecule has 0 bridgehead atoms. The van der Waals surface area contributed by atoms with Gasteiger partial charge in [-0.25, -0.2) is 14.4 Å². The molecule has 0 aliphatic carbocycles. The van der Waals surface area contributed by atoms with Crippen LogP contribution in [-0.2, 0) is 38.2 Å². The summed E-state index contributed by atoms with van der Waals surface area (Å²) in [5.41, 5.74) is 15.5. The summed E-state index contributed by atoms with van der Waals surface area (Å²) in [5, 5.41) is 93.7. The van der Waals surface area contributed by atoms with Gasteiger partial charge in [0, 0.05) is 0 Å². The topological polar surface area (TPSA) is 484 Å². The molecule has 3 aromatic carbocycles. The number of phenols is 6. The van der Waals surface area contributed by atoms with E-state index in [1.54, 1.807) is 0 Å². The first kappa shape index (κ1) is 58.8. The number of nitrogens with two attached hydrogens (primary N) is 3. The predicted molar refractivity (Wildman–Crippen MR) is 250 cm³/mol. The Kier molecular flexibility index (Phi) is 23.4. The lowest BCUT2D eigenvalue weighted by Gasteiger charge is -2.25. The molecule has 28 nitrogen and oxygen atoms in total. The van der Waals surface area contributed by atoms with E-state index in [1.165, 1.54) is 18.2 Å². The Morgan fingerprint density at radius 2 is 0.740 bits per heavy atom. The van der Waals surface area contributed by atoms with Crippen molar-refractivity contribution >= 4 is 53.4 Å². The number of carboxylic acid groups (broad SMARTS) is 1. The third-order valence-electron chi connectivity index (χ3n) is 10.5. The van der Waals surface area contributed by atoms with Gasteiger partial charge in [-0.05, 0) is 94.6 Å². The van der Waals surface area contributed by atoms with Crippen LogP contribution in [0.25, 0.3) is 0 Å². The number of ether oxygens (including phenoxy) is 2. The molecule has 0 fully saturated rings. The van der Waals surface area contributed by atoms with Crippen molar-refractivity contribution in [2.75, 3.05) is 39.5 Å². The van der Waals surface area contributed by atoms with E-state index in [1.807, 2.05) is 0 Å². The minimum atomic E-state index is -2.11. The Morgan fingerprint density at radius 1 is 0.438 bits per heavy atom. The average Bonchev–Trinajstić information content (AvgIpc) is 3.36. The molecule has 0 spiro atoms. The molecule has 3 rings (SSSR count). The Hall–Kier alpha value is -8.47. The zero-order valence-corrected chi connectivity index (χ0v) is 38.9. The monoisotopic (exact) mass is 1030 g/mol. The smallest absolute Gasteiger partial charge is 0.332 e. The molecule has 0 saturated heterocycles. The fraction of sp³-hybridized carbons (Fsp3) is 0.400. The lowest BCUT2D eigenvalue weighted by molar-refractivity contribution is -0.158. The van der Waals surface area contributed by atoms with Gasteiger partial charge in [-0.1, -0.05) is 18.2 Å². The Bertz CT molecular complexity index is 2460. The normalized spacial score (nSPS) is 13.3. The van der Waals surface area contributed by atoms with Gasteiger partial charge in [0.25, 0.3) is 17.7 Å². The molecule has 398 valence electrons. The molecule has 0 aliphatic heterocycles. The second kappa shape index (κ2) is 29.0. The fourth-order valence-corrected chi connectivity index (χ4v) is 6.50. The molecular formula is C45H59N9O19. The zero-order chi connectivity index (χ0) is 54.4. The van der Waals surface area contributed by atoms with Gasteiger partial charge in [-0.3, -0.25) is 28.8 Å². The number of nitrogens with one attached hydrogen (secondary N) is 6. The van der Waals surface area contributed by atoms with Crippen LogP contribution in [-0.4, -0.2) is 170 Å². The van der Waals surface area contributed by atoms with Crippen molar-refractivity contribution in [1.82, 2.24) is 31.9 Å². The number of amides is 6. The standard InChI is InChI=1S/C45H59N9O19/c46-16-4-10-25(49-37(62)22-7-1-13-31(56)34(22)59)40(65)52-28(19-55)44(70)73-21-30(54-42(67)27(12-6-18-48)51-39(64)24-9-3-15-33(58)36(24)61)45(71)72-20-29(43(68)69)53-41(66)26(11-5-17-47)50-38(63)23-8-2-14-32(57)35(23)60/h1-3,7-9,13-15,25-30,55-61H,4-6,10-12,16-21,46-48H2,(H,49,62)(H,50,63)(H,51,64)(H,52,65)(H,53,66)(H,54,67)(H,68,69)/t25-,26-,27-,28-,29?,30-/m0/s1. The molecule has 0 aromatic heterocycles. The number of aliphatic hydroxyl groups excluding tert-OH is 1. The van der Waals surface area contributed by atoms with Crippen LogP contribution >= 0.6 is 0 Å². The van der Waals surface area contributed by atoms with Crippen molar-refractivity contribution in [3.63, 3.8) is 0 Å². The largest absolute Gasteiger partial charge is 0.504 e. The first-order valence-corrected chi connectivity index (χ1v) is 22.3. The van der Waals surface area contributed by atoms with E-state index in [0.29, 0.717) is 0 Å². The highest BCUT2D eigenvalue weighted by Gasteiger charge is 2.35. The molecule has 0 aliphatic rings. The van der Waals surface area contributed by atoms with Crippen molar-refractivity contribution in [2.24, 2.45) is 17.2 Å². The van der Waals surface area contributed by atoms with Crippen LogP contribution in [0, 0.1) is 0 Å². The second-order valence-electron chi connectivity index (χ2n) is 15.9. The molecular weight excluding hydrogens is 971 g/mol. The second-order valence-corrected chi connectivity index (χ2v) is 15.9. The number of aliphatic hydroxyl groups is 1. The van der Waals surface area contributed by atoms with Crippen molar-refractivity contribution in [2.45, 2.75) is 74.8 Å². The Labute approximate surface area is 415 Å². The fourth-order valence-electron chi connectivity index (χ4n) is 6.50. The molecule has 73 heavy (non-hydrogen) atoms. The van der Waals surface area contributed by atoms with Gasteiger partial charge >= 0.3 is 17.9 Å². The highest BCUT2D eigenvalue weighted by Crippen LogP contribution is 2.30. The van der Waals surface area contributed by atoms with Gasteiger partial charge in [-0.2, -0.15) is 0 Å². The summed E-state index contributed by atoms with van der Waals surface area (Å²) in [5.74, 6) is -15.8. The van der Waals surface area contributed by atoms with Crippen LogP contribution in [0.1, 0.15) is 69.6 Å². The molecule has 0 radical (unpaired) electrons. The lowest BCUT2D eigenvalue weighted by Crippen LogP contribution is -2.56. The number of phenolic OH excluding ortho intramolecular Hbond substituents is 6. The summed E-state index contributed by atoms with van der Waals surface area (Å²) in [4.78, 5) is 119. The van der Waals surface area contributed by atoms with E-state index in [4.69, 9.17) is 26.7 Å². The number of carbonyl (C=O) groups excluding carboxylic acids is 8. The quantitative estimate of drug-likeness (QED) is 0.0236. The third-order valence-corrected chi connectivity index (χ3v) is 10.5. The average molecular weight is 1030 g/mol. The zero-order valence-electron chi connectivity index (χ0n) is 38.9. The summed E-state index contributed by atoms with van der Waals surface area (Å²) in [7, 11) is 0. The van der Waals surface area contributed by atoms with Crippen molar-refractivity contribution in [3.8, 4) is 34.5 Å². The number of aliphatic carboxylic acids is 1. The summed E-state index contributed by atoms with van der Waals surface area (Å²) < 4.78 is 10.4. The number of benzene rings is 3. The maximum atomic E-state index is 13.8. The maximum absolute atomic E-state index is 13.8. The first-order chi connectivity index (χ1) is 34.7. The SMILES string of the molecule is NCCC[C@H](NC(=O)c1cccc(O)c1O)C(=O)NC(COC(=O)[C@H](COC(=O)[C@H](CO)NC(=O)[C@H](CCCN)NC(=O)c1cccc(O)c1O)NC(=O)[C@H](CCCN)NC(=O)c1cccc(O)c1O)C(=O)O. The molecule has 6 amide bonds. The lowest BCUT2D eigenvalue weighted by atomic mass is 10.1. The summed E-state index contributed by atoms with van der Waals surface area (Å²) in [6.45, 7) is -3.53. The molecule has 1 unspecified atom stereocenters. The Balaban J connectivity index is 1.88. The van der Waals surface area contributed by atoms with Gasteiger partial charge in [0.15, 0.2) is 52.6 Å². The minimum absolute atomic E-state index is 0.0103. The molecule has 0 saturated carbocycles. The molecule has 28 heteroatoms. The number of aromatic hydroxyl groups is 6. The minimum Gasteiger partial charge on any atom is -0.504 e. The van der Waals surface area contributed by atoms with Gasteiger partial charge in [0.2, 0.25) is 17.7 Å². The van der Waals surface area contributed by atoms with Crippen LogP contribution in [0.15, 0.2) is 54.6 Å². The van der Waals surface area contributed by atoms with Crippen LogP contribution in [0.3, 0.4) is 0 Å². The van der Waals surface area contributed by atoms with E-state index in [0.717, 1.165) is 36.4 Å². The van der Waals surface area contributed by atoms with Crippen molar-refractivity contribution in [3.05, 3.63) is 71.3 Å². The van der Waals surface area contributed by atoms with E-state index < -0.39 is 161 Å². The van der Waals surface area contributed by atoms with E-state index in [9.17, 15) is 84.0 Å². The van der Waals surface area contributed by atoms with Gasteiger partial charge in [-0.15, -0.1) is 0 Å². The summed E-state index contributed by atoms with van der Waals surface area (Å²) in [6.07, 6.45) is -0.229. The van der Waals surface area contributed by atoms with Gasteiger partial charge < -0.3 is 99.4 Å². The third kappa shape index (κ3) is 17.4. The molecule has 3 aromatic rings. The number of hydrogen-bond acceptors (Lipinski definition) is 21. The van der Waals surface area contributed by atoms with Crippen molar-refractivity contribution < 1.29 is 93.5 Å². The highest BCUT2D eigenvalue weighted by atomic mass is 16.6. The maximum Gasteiger partial charge on any atom is 0.332 e. The van der Waals surface area contributed by atoms with E-state index >= 15 is 0 Å². The number of para-hydroxylation sites is 3. The predicted octanol–water partition coefficient (Wildman–Crippen LogP) is -3.55. The Morgan fingerprint density at radius 3 is 1.05 bits per heavy atom. The van der Waals surface area contributed by atoms with Crippen LogP contribution in [0.2, 0.25) is 0 Å². The van der Waals surface area contributed by atoms with E-state index in [2.05, 4.69) is 31.9 Å². The number of rotatable bonds is 29. The number of hydrogen-bond donors (Lipinski definition) is 17.